The number of ether oxygens (including phenoxy) is 1. The van der Waals surface area contributed by atoms with Crippen LogP contribution in [-0.4, -0.2) is 24.1 Å². The maximum absolute atomic E-state index is 11.2. The van der Waals surface area contributed by atoms with Crippen molar-refractivity contribution in [2.75, 3.05) is 7.05 Å². The van der Waals surface area contributed by atoms with Crippen molar-refractivity contribution in [2.45, 2.75) is 90.6 Å². The number of carbonyl (C=O) groups is 1. The molecule has 0 aliphatic heterocycles. The summed E-state index contributed by atoms with van der Waals surface area (Å²) in [6, 6.07) is 0. The molecule has 0 amide bonds. The second-order valence-electron chi connectivity index (χ2n) is 5.71. The van der Waals surface area contributed by atoms with Crippen LogP contribution in [0.4, 0.5) is 0 Å². The van der Waals surface area contributed by atoms with Crippen molar-refractivity contribution < 1.29 is 9.53 Å². The number of hydrogen-bond donors (Lipinski definition) is 1. The van der Waals surface area contributed by atoms with Gasteiger partial charge in [-0.3, -0.25) is 4.79 Å². The lowest BCUT2D eigenvalue weighted by Crippen LogP contribution is -2.19. The van der Waals surface area contributed by atoms with Crippen LogP contribution < -0.4 is 5.32 Å². The van der Waals surface area contributed by atoms with Crippen LogP contribution in [0.5, 0.6) is 0 Å². The van der Waals surface area contributed by atoms with Crippen molar-refractivity contribution in [3.8, 4) is 0 Å². The van der Waals surface area contributed by atoms with Crippen LogP contribution in [0.2, 0.25) is 0 Å². The summed E-state index contributed by atoms with van der Waals surface area (Å²) in [5, 5.41) is 2.98. The molecule has 0 rings (SSSR count). The molecule has 0 bridgehead atoms. The fourth-order valence-electron chi connectivity index (χ4n) is 2.44. The molecule has 3 nitrogen and oxygen atoms in total. The number of hydrogen-bond acceptors (Lipinski definition) is 3. The van der Waals surface area contributed by atoms with E-state index in [1.54, 1.807) is 0 Å². The van der Waals surface area contributed by atoms with Gasteiger partial charge in [0, 0.05) is 14.0 Å². The van der Waals surface area contributed by atoms with E-state index in [-0.39, 0.29) is 12.1 Å². The zero-order valence-electron chi connectivity index (χ0n) is 14.1. The molecule has 0 spiro atoms. The van der Waals surface area contributed by atoms with Crippen LogP contribution in [0.15, 0.2) is 0 Å². The zero-order chi connectivity index (χ0) is 15.9. The molecule has 0 radical (unpaired) electrons. The van der Waals surface area contributed by atoms with Crippen molar-refractivity contribution in [1.82, 2.24) is 5.32 Å². The molecule has 0 fully saturated rings. The van der Waals surface area contributed by atoms with Crippen LogP contribution >= 0.6 is 12.2 Å². The smallest absolute Gasteiger partial charge is 0.302 e. The Bertz CT molecular complexity index is 282. The number of rotatable bonds is 13. The third-order valence-electron chi connectivity index (χ3n) is 3.67. The molecule has 0 saturated heterocycles. The third kappa shape index (κ3) is 14.1. The molecule has 0 aromatic rings. The maximum atomic E-state index is 11.2. The molecular weight excluding hydrogens is 282 g/mol. The predicted octanol–water partition coefficient (Wildman–Crippen LogP) is 4.78. The summed E-state index contributed by atoms with van der Waals surface area (Å²) in [5.41, 5.74) is 0. The lowest BCUT2D eigenvalue weighted by molar-refractivity contribution is -0.147. The van der Waals surface area contributed by atoms with Crippen LogP contribution in [0.3, 0.4) is 0 Å². The molecule has 4 heteroatoms. The summed E-state index contributed by atoms with van der Waals surface area (Å²) in [6.45, 7) is 3.74. The molecule has 0 aliphatic rings. The highest BCUT2D eigenvalue weighted by Gasteiger charge is 2.11. The minimum absolute atomic E-state index is 0.0674. The highest BCUT2D eigenvalue weighted by molar-refractivity contribution is 7.80. The quantitative estimate of drug-likeness (QED) is 0.302. The maximum Gasteiger partial charge on any atom is 0.302 e. The highest BCUT2D eigenvalue weighted by Crippen LogP contribution is 2.15. The Morgan fingerprint density at radius 3 is 2.19 bits per heavy atom. The first-order valence-corrected chi connectivity index (χ1v) is 8.88. The van der Waals surface area contributed by atoms with Gasteiger partial charge in [-0.25, -0.2) is 0 Å². The summed E-state index contributed by atoms with van der Waals surface area (Å²) in [7, 11) is 1.85. The Labute approximate surface area is 136 Å². The molecule has 0 aromatic heterocycles. The fraction of sp³-hybridized carbons (Fsp3) is 0.882. The minimum atomic E-state index is -0.167. The van der Waals surface area contributed by atoms with Gasteiger partial charge in [-0.05, 0) is 32.1 Å². The van der Waals surface area contributed by atoms with E-state index >= 15 is 0 Å². The summed E-state index contributed by atoms with van der Waals surface area (Å²) in [5.74, 6) is -0.167. The molecule has 1 atom stereocenters. The molecular formula is C17H33NO2S. The van der Waals surface area contributed by atoms with E-state index in [0.29, 0.717) is 0 Å². The largest absolute Gasteiger partial charge is 0.463 e. The number of nitrogens with one attached hydrogen (secondary N) is 1. The molecule has 1 unspecified atom stereocenters. The fourth-order valence-corrected chi connectivity index (χ4v) is 2.59. The van der Waals surface area contributed by atoms with Gasteiger partial charge in [-0.2, -0.15) is 0 Å². The topological polar surface area (TPSA) is 38.3 Å². The van der Waals surface area contributed by atoms with E-state index in [2.05, 4.69) is 12.2 Å². The first-order chi connectivity index (χ1) is 10.1. The minimum Gasteiger partial charge on any atom is -0.463 e. The average Bonchev–Trinajstić information content (AvgIpc) is 2.45. The first kappa shape index (κ1) is 20.4. The van der Waals surface area contributed by atoms with Crippen LogP contribution in [-0.2, 0) is 9.53 Å². The summed E-state index contributed by atoms with van der Waals surface area (Å²) in [4.78, 5) is 12.0. The molecule has 0 aliphatic carbocycles. The summed E-state index contributed by atoms with van der Waals surface area (Å²) in [6.07, 6.45) is 12.9. The zero-order valence-corrected chi connectivity index (χ0v) is 14.9. The predicted molar refractivity (Wildman–Crippen MR) is 93.7 cm³/mol. The molecule has 0 saturated carbocycles. The second kappa shape index (κ2) is 14.3. The van der Waals surface area contributed by atoms with Crippen molar-refractivity contribution in [2.24, 2.45) is 0 Å². The Balaban J connectivity index is 3.75. The lowest BCUT2D eigenvalue weighted by atomic mass is 10.0. The molecule has 0 aromatic carbocycles. The average molecular weight is 316 g/mol. The number of thiocarbonyl (C=S) groups is 1. The Hall–Kier alpha value is -0.640. The van der Waals surface area contributed by atoms with Crippen LogP contribution in [0.1, 0.15) is 84.5 Å². The number of unbranched alkanes of at least 4 members (excludes halogenated alkanes) is 6. The number of carbonyl (C=O) groups excluding carboxylic acids is 1. The second-order valence-corrected chi connectivity index (χ2v) is 6.20. The van der Waals surface area contributed by atoms with Gasteiger partial charge in [0.1, 0.15) is 6.10 Å². The van der Waals surface area contributed by atoms with Gasteiger partial charge in [-0.1, -0.05) is 57.7 Å². The summed E-state index contributed by atoms with van der Waals surface area (Å²) >= 11 is 5.13. The van der Waals surface area contributed by atoms with E-state index in [1.807, 2.05) is 7.05 Å². The van der Waals surface area contributed by atoms with Crippen LogP contribution in [0, 0.1) is 0 Å². The summed E-state index contributed by atoms with van der Waals surface area (Å²) < 4.78 is 5.41. The van der Waals surface area contributed by atoms with Crippen LogP contribution in [0.25, 0.3) is 0 Å². The van der Waals surface area contributed by atoms with Crippen molar-refractivity contribution in [1.29, 1.82) is 0 Å². The molecule has 21 heavy (non-hydrogen) atoms. The van der Waals surface area contributed by atoms with E-state index in [4.69, 9.17) is 17.0 Å². The van der Waals surface area contributed by atoms with Gasteiger partial charge in [0.05, 0.1) is 4.99 Å². The Morgan fingerprint density at radius 2 is 1.62 bits per heavy atom. The highest BCUT2D eigenvalue weighted by atomic mass is 32.1. The SMILES string of the molecule is CCCCCCCCCC(CCCC(=S)NC)OC(C)=O. The van der Waals surface area contributed by atoms with Gasteiger partial charge in [0.15, 0.2) is 0 Å². The number of esters is 1. The van der Waals surface area contributed by atoms with Gasteiger partial charge in [-0.15, -0.1) is 0 Å². The first-order valence-electron chi connectivity index (χ1n) is 8.48. The van der Waals surface area contributed by atoms with E-state index in [0.717, 1.165) is 37.1 Å². The lowest BCUT2D eigenvalue weighted by Gasteiger charge is -2.17. The van der Waals surface area contributed by atoms with Gasteiger partial charge < -0.3 is 10.1 Å². The van der Waals surface area contributed by atoms with E-state index in [1.165, 1.54) is 45.4 Å². The molecule has 1 N–H and O–H groups in total. The van der Waals surface area contributed by atoms with Crippen molar-refractivity contribution >= 4 is 23.2 Å². The monoisotopic (exact) mass is 315 g/mol. The van der Waals surface area contributed by atoms with E-state index in [9.17, 15) is 4.79 Å². The Morgan fingerprint density at radius 1 is 1.05 bits per heavy atom. The third-order valence-corrected chi connectivity index (χ3v) is 4.08. The molecule has 124 valence electrons. The normalized spacial score (nSPS) is 12.0. The van der Waals surface area contributed by atoms with Gasteiger partial charge >= 0.3 is 5.97 Å². The van der Waals surface area contributed by atoms with Crippen molar-refractivity contribution in [3.63, 3.8) is 0 Å². The molecule has 0 heterocycles. The van der Waals surface area contributed by atoms with E-state index < -0.39 is 0 Å². The standard InChI is InChI=1S/C17H33NO2S/c1-4-5-6-7-8-9-10-12-16(20-15(2)19)13-11-14-17(21)18-3/h16H,4-14H2,1-3H3,(H,18,21). The Kier molecular flexibility index (Phi) is 13.9. The van der Waals surface area contributed by atoms with Crippen molar-refractivity contribution in [3.05, 3.63) is 0 Å². The van der Waals surface area contributed by atoms with Gasteiger partial charge in [0.2, 0.25) is 0 Å². The van der Waals surface area contributed by atoms with Gasteiger partial charge in [0.25, 0.3) is 0 Å².